The van der Waals surface area contributed by atoms with E-state index in [0.29, 0.717) is 26.2 Å². The Morgan fingerprint density at radius 1 is 0.710 bits per heavy atom. The van der Waals surface area contributed by atoms with Gasteiger partial charge in [0.2, 0.25) is 0 Å². The number of sulfone groups is 2. The highest BCUT2D eigenvalue weighted by atomic mass is 32.3. The van der Waals surface area contributed by atoms with Crippen molar-refractivity contribution in [2.24, 2.45) is 0 Å². The number of nitro benzene ring substituents is 2. The Labute approximate surface area is 176 Å². The number of rotatable bonds is 8. The van der Waals surface area contributed by atoms with Crippen molar-refractivity contribution in [3.63, 3.8) is 0 Å². The van der Waals surface area contributed by atoms with Crippen LogP contribution in [0.5, 0.6) is 0 Å². The van der Waals surface area contributed by atoms with Crippen LogP contribution in [0, 0.1) is 20.2 Å². The van der Waals surface area contributed by atoms with Crippen LogP contribution in [0.2, 0.25) is 0 Å². The number of hydrogen-bond acceptors (Lipinski definition) is 10. The van der Waals surface area contributed by atoms with Gasteiger partial charge in [-0.2, -0.15) is 0 Å². The quantitative estimate of drug-likeness (QED) is 0.314. The molecule has 2 aliphatic rings. The van der Waals surface area contributed by atoms with Crippen molar-refractivity contribution >= 4 is 42.4 Å². The van der Waals surface area contributed by atoms with Crippen LogP contribution >= 0.6 is 0 Å². The predicted molar refractivity (Wildman–Crippen MR) is 110 cm³/mol. The molecule has 12 nitrogen and oxygen atoms in total. The highest BCUT2D eigenvalue weighted by Crippen LogP contribution is 2.36. The van der Waals surface area contributed by atoms with Gasteiger partial charge in [-0.05, 0) is 24.3 Å². The average Bonchev–Trinajstić information content (AvgIpc) is 3.59. The maximum Gasteiger partial charge on any atom is 0.293 e. The van der Waals surface area contributed by atoms with E-state index >= 15 is 0 Å². The van der Waals surface area contributed by atoms with Crippen LogP contribution in [0.3, 0.4) is 0 Å². The minimum Gasteiger partial charge on any atom is -0.362 e. The summed E-state index contributed by atoms with van der Waals surface area (Å²) in [6, 6.07) is 6.46. The van der Waals surface area contributed by atoms with Crippen LogP contribution in [0.25, 0.3) is 0 Å². The first-order valence-electron chi connectivity index (χ1n) is 9.02. The molecular formula is C17H16N4O8S2. The van der Waals surface area contributed by atoms with Crippen molar-refractivity contribution in [2.45, 2.75) is 9.79 Å². The van der Waals surface area contributed by atoms with Crippen LogP contribution in [0.4, 0.5) is 22.7 Å². The summed E-state index contributed by atoms with van der Waals surface area (Å²) < 4.78 is 51.0. The number of nitro groups is 2. The Hall–Kier alpha value is -3.26. The molecule has 0 amide bonds. The first kappa shape index (κ1) is 21.0. The van der Waals surface area contributed by atoms with E-state index in [1.807, 2.05) is 0 Å². The molecular weight excluding hydrogens is 452 g/mol. The third-order valence-electron chi connectivity index (χ3n) is 4.89. The molecule has 2 fully saturated rings. The van der Waals surface area contributed by atoms with Crippen LogP contribution < -0.4 is 9.80 Å². The maximum absolute atomic E-state index is 12.7. The molecule has 0 radical (unpaired) electrons. The number of anilines is 2. The van der Waals surface area contributed by atoms with E-state index in [-0.39, 0.29) is 11.4 Å². The van der Waals surface area contributed by atoms with Gasteiger partial charge in [0.15, 0.2) is 24.8 Å². The van der Waals surface area contributed by atoms with Crippen LogP contribution in [-0.4, -0.2) is 57.9 Å². The molecule has 2 aliphatic heterocycles. The predicted octanol–water partition coefficient (Wildman–Crippen LogP) is 1.35. The fourth-order valence-corrected chi connectivity index (χ4v) is 7.00. The number of hydrogen-bond donors (Lipinski definition) is 0. The second-order valence-corrected chi connectivity index (χ2v) is 11.5. The zero-order valence-electron chi connectivity index (χ0n) is 15.9. The molecule has 2 saturated heterocycles. The van der Waals surface area contributed by atoms with Crippen molar-refractivity contribution in [3.8, 4) is 0 Å². The molecule has 0 atom stereocenters. The molecule has 0 aromatic heterocycles. The van der Waals surface area contributed by atoms with E-state index in [1.54, 1.807) is 9.80 Å². The second kappa shape index (κ2) is 7.16. The lowest BCUT2D eigenvalue weighted by atomic mass is 10.2. The first-order chi connectivity index (χ1) is 14.5. The van der Waals surface area contributed by atoms with Crippen molar-refractivity contribution in [1.29, 1.82) is 0 Å². The fraction of sp³-hybridized carbons (Fsp3) is 0.294. The van der Waals surface area contributed by atoms with Crippen molar-refractivity contribution < 1.29 is 26.7 Å². The number of nitrogens with zero attached hydrogens (tertiary/aromatic N) is 4. The third kappa shape index (κ3) is 4.16. The average molecular weight is 468 g/mol. The molecule has 0 bridgehead atoms. The van der Waals surface area contributed by atoms with E-state index in [4.69, 9.17) is 0 Å². The molecule has 164 valence electrons. The molecule has 2 aromatic carbocycles. The number of benzene rings is 2. The zero-order valence-corrected chi connectivity index (χ0v) is 17.5. The monoisotopic (exact) mass is 468 g/mol. The van der Waals surface area contributed by atoms with E-state index in [2.05, 4.69) is 0 Å². The highest BCUT2D eigenvalue weighted by molar-refractivity contribution is 8.08. The minimum absolute atomic E-state index is 0.257. The van der Waals surface area contributed by atoms with Crippen LogP contribution in [0.1, 0.15) is 0 Å². The lowest BCUT2D eigenvalue weighted by Crippen LogP contribution is -2.17. The Bertz CT molecular complexity index is 1210. The molecule has 2 heterocycles. The standard InChI is InChI=1S/C17H16N4O8S2/c22-20(23)16-9-12(1-3-14(16)18-5-6-18)30(26,27)11-31(28,29)13-2-4-15(19-7-8-19)17(10-13)21(24)25/h1-4,9-10H,5-8,11H2. The molecule has 4 rings (SSSR count). The van der Waals surface area contributed by atoms with Gasteiger partial charge < -0.3 is 9.80 Å². The smallest absolute Gasteiger partial charge is 0.293 e. The Morgan fingerprint density at radius 3 is 1.35 bits per heavy atom. The van der Waals surface area contributed by atoms with Gasteiger partial charge in [-0.3, -0.25) is 20.2 Å². The summed E-state index contributed by atoms with van der Waals surface area (Å²) in [4.78, 5) is 23.5. The van der Waals surface area contributed by atoms with Gasteiger partial charge in [0.1, 0.15) is 11.4 Å². The van der Waals surface area contributed by atoms with E-state index in [1.165, 1.54) is 12.1 Å². The molecule has 2 aromatic rings. The van der Waals surface area contributed by atoms with Gasteiger partial charge in [0, 0.05) is 38.3 Å². The fourth-order valence-electron chi connectivity index (χ4n) is 3.14. The molecule has 14 heteroatoms. The molecule has 0 aliphatic carbocycles. The Kier molecular flexibility index (Phi) is 4.85. The lowest BCUT2D eigenvalue weighted by molar-refractivity contribution is -0.384. The van der Waals surface area contributed by atoms with E-state index < -0.39 is 55.8 Å². The molecule has 0 N–H and O–H groups in total. The van der Waals surface area contributed by atoms with Gasteiger partial charge in [-0.15, -0.1) is 0 Å². The summed E-state index contributed by atoms with van der Waals surface area (Å²) in [5.41, 5.74) is -0.356. The Balaban J connectivity index is 1.68. The minimum atomic E-state index is -4.48. The third-order valence-corrected chi connectivity index (χ3v) is 9.32. The summed E-state index contributed by atoms with van der Waals surface area (Å²) >= 11 is 0. The van der Waals surface area contributed by atoms with Crippen molar-refractivity contribution in [1.82, 2.24) is 0 Å². The summed E-state index contributed by atoms with van der Waals surface area (Å²) in [6.45, 7) is 2.42. The normalized spacial score (nSPS) is 15.6. The van der Waals surface area contributed by atoms with Crippen molar-refractivity contribution in [2.75, 3.05) is 41.1 Å². The SMILES string of the molecule is O=[N+]([O-])c1cc(S(=O)(=O)CS(=O)(=O)c2ccc(N3CC3)c([N+](=O)[O-])c2)ccc1N1CC1. The lowest BCUT2D eigenvalue weighted by Gasteiger charge is -2.10. The topological polar surface area (TPSA) is 161 Å². The summed E-state index contributed by atoms with van der Waals surface area (Å²) in [6.07, 6.45) is 0. The van der Waals surface area contributed by atoms with Gasteiger partial charge >= 0.3 is 0 Å². The van der Waals surface area contributed by atoms with Gasteiger partial charge in [-0.25, -0.2) is 16.8 Å². The molecule has 0 spiro atoms. The van der Waals surface area contributed by atoms with E-state index in [9.17, 15) is 37.1 Å². The van der Waals surface area contributed by atoms with Gasteiger partial charge in [0.05, 0.1) is 19.6 Å². The van der Waals surface area contributed by atoms with Gasteiger partial charge in [0.25, 0.3) is 11.4 Å². The maximum atomic E-state index is 12.7. The summed E-state index contributed by atoms with van der Waals surface area (Å²) in [7, 11) is -8.97. The Morgan fingerprint density at radius 2 is 1.06 bits per heavy atom. The van der Waals surface area contributed by atoms with Crippen LogP contribution in [0.15, 0.2) is 46.2 Å². The second-order valence-electron chi connectivity index (χ2n) is 7.14. The van der Waals surface area contributed by atoms with E-state index in [0.717, 1.165) is 24.3 Å². The first-order valence-corrected chi connectivity index (χ1v) is 12.3. The van der Waals surface area contributed by atoms with Crippen molar-refractivity contribution in [3.05, 3.63) is 56.6 Å². The molecule has 31 heavy (non-hydrogen) atoms. The summed E-state index contributed by atoms with van der Waals surface area (Å²) in [5, 5.41) is 21.3. The van der Waals surface area contributed by atoms with Crippen LogP contribution in [-0.2, 0) is 19.7 Å². The summed E-state index contributed by atoms with van der Waals surface area (Å²) in [5.74, 6) is 0. The molecule has 0 unspecified atom stereocenters. The highest BCUT2D eigenvalue weighted by Gasteiger charge is 2.33. The zero-order chi connectivity index (χ0) is 22.6. The largest absolute Gasteiger partial charge is 0.362 e. The van der Waals surface area contributed by atoms with Gasteiger partial charge in [-0.1, -0.05) is 0 Å². The molecule has 0 saturated carbocycles.